The lowest BCUT2D eigenvalue weighted by molar-refractivity contribution is 0.420. The first kappa shape index (κ1) is 15.3. The van der Waals surface area contributed by atoms with Gasteiger partial charge in [-0.3, -0.25) is 0 Å². The second kappa shape index (κ2) is 6.39. The SMILES string of the molecule is CC(C)CCC(C)(CN)Nc1cc(F)cc(Cl)c1. The van der Waals surface area contributed by atoms with Crippen molar-refractivity contribution in [3.63, 3.8) is 0 Å². The van der Waals surface area contributed by atoms with Gasteiger partial charge in [0.25, 0.3) is 0 Å². The van der Waals surface area contributed by atoms with Gasteiger partial charge in [-0.1, -0.05) is 25.4 Å². The molecule has 2 nitrogen and oxygen atoms in total. The van der Waals surface area contributed by atoms with Crippen LogP contribution in [0.5, 0.6) is 0 Å². The Kier molecular flexibility index (Phi) is 5.42. The molecule has 1 unspecified atom stereocenters. The van der Waals surface area contributed by atoms with Gasteiger partial charge in [0, 0.05) is 22.8 Å². The fourth-order valence-corrected chi connectivity index (χ4v) is 2.02. The minimum absolute atomic E-state index is 0.235. The Labute approximate surface area is 114 Å². The molecule has 0 spiro atoms. The molecule has 1 atom stereocenters. The average Bonchev–Trinajstić information content (AvgIpc) is 2.25. The van der Waals surface area contributed by atoms with E-state index in [4.69, 9.17) is 17.3 Å². The second-order valence-electron chi connectivity index (χ2n) is 5.48. The summed E-state index contributed by atoms with van der Waals surface area (Å²) < 4.78 is 13.3. The van der Waals surface area contributed by atoms with E-state index in [1.807, 2.05) is 6.92 Å². The monoisotopic (exact) mass is 272 g/mol. The van der Waals surface area contributed by atoms with Gasteiger partial charge in [0.15, 0.2) is 0 Å². The Morgan fingerprint density at radius 1 is 1.39 bits per heavy atom. The number of rotatable bonds is 6. The van der Waals surface area contributed by atoms with Gasteiger partial charge in [0.2, 0.25) is 0 Å². The summed E-state index contributed by atoms with van der Waals surface area (Å²) in [6, 6.07) is 4.45. The molecule has 0 aliphatic carbocycles. The van der Waals surface area contributed by atoms with E-state index < -0.39 is 0 Å². The number of anilines is 1. The summed E-state index contributed by atoms with van der Waals surface area (Å²) in [5, 5.41) is 3.68. The molecule has 1 aromatic rings. The van der Waals surface area contributed by atoms with Crippen molar-refractivity contribution in [2.75, 3.05) is 11.9 Å². The minimum atomic E-state index is -0.340. The fraction of sp³-hybridized carbons (Fsp3) is 0.571. The van der Waals surface area contributed by atoms with Crippen LogP contribution in [0.2, 0.25) is 5.02 Å². The first-order valence-electron chi connectivity index (χ1n) is 6.29. The Bertz CT molecular complexity index is 375. The number of benzene rings is 1. The predicted octanol–water partition coefficient (Wildman–Crippen LogP) is 4.04. The van der Waals surface area contributed by atoms with Crippen molar-refractivity contribution in [1.29, 1.82) is 0 Å². The first-order chi connectivity index (χ1) is 8.34. The van der Waals surface area contributed by atoms with E-state index in [1.54, 1.807) is 6.07 Å². The van der Waals surface area contributed by atoms with Crippen molar-refractivity contribution < 1.29 is 4.39 Å². The van der Waals surface area contributed by atoms with E-state index in [1.165, 1.54) is 12.1 Å². The molecule has 0 amide bonds. The maximum atomic E-state index is 13.3. The minimum Gasteiger partial charge on any atom is -0.378 e. The lowest BCUT2D eigenvalue weighted by Crippen LogP contribution is -2.42. The highest BCUT2D eigenvalue weighted by Gasteiger charge is 2.22. The van der Waals surface area contributed by atoms with E-state index in [0.717, 1.165) is 12.8 Å². The normalized spacial score (nSPS) is 14.6. The zero-order valence-corrected chi connectivity index (χ0v) is 12.0. The number of nitrogens with one attached hydrogen (secondary N) is 1. The third kappa shape index (κ3) is 4.83. The highest BCUT2D eigenvalue weighted by molar-refractivity contribution is 6.30. The van der Waals surface area contributed by atoms with Crippen molar-refractivity contribution in [2.45, 2.75) is 39.2 Å². The molecule has 1 aromatic carbocycles. The maximum absolute atomic E-state index is 13.3. The molecule has 1 rings (SSSR count). The van der Waals surface area contributed by atoms with Crippen molar-refractivity contribution >= 4 is 17.3 Å². The summed E-state index contributed by atoms with van der Waals surface area (Å²) in [5.74, 6) is 0.280. The molecule has 4 heteroatoms. The zero-order valence-electron chi connectivity index (χ0n) is 11.3. The van der Waals surface area contributed by atoms with Gasteiger partial charge in [0.1, 0.15) is 5.82 Å². The van der Waals surface area contributed by atoms with Gasteiger partial charge in [-0.25, -0.2) is 4.39 Å². The van der Waals surface area contributed by atoms with Crippen LogP contribution in [0.25, 0.3) is 0 Å². The molecule has 0 saturated heterocycles. The maximum Gasteiger partial charge on any atom is 0.126 e. The summed E-state index contributed by atoms with van der Waals surface area (Å²) in [7, 11) is 0. The predicted molar refractivity (Wildman–Crippen MR) is 76.6 cm³/mol. The van der Waals surface area contributed by atoms with E-state index >= 15 is 0 Å². The smallest absolute Gasteiger partial charge is 0.126 e. The first-order valence-corrected chi connectivity index (χ1v) is 6.67. The molecule has 0 aromatic heterocycles. The van der Waals surface area contributed by atoms with Gasteiger partial charge >= 0.3 is 0 Å². The third-order valence-electron chi connectivity index (χ3n) is 3.03. The quantitative estimate of drug-likeness (QED) is 0.820. The van der Waals surface area contributed by atoms with Gasteiger partial charge in [-0.05, 0) is 43.9 Å². The Balaban J connectivity index is 2.77. The van der Waals surface area contributed by atoms with Gasteiger partial charge in [-0.15, -0.1) is 0 Å². The lowest BCUT2D eigenvalue weighted by atomic mass is 9.91. The average molecular weight is 273 g/mol. The Hall–Kier alpha value is -0.800. The van der Waals surface area contributed by atoms with Crippen LogP contribution in [0.1, 0.15) is 33.6 Å². The van der Waals surface area contributed by atoms with Gasteiger partial charge in [0.05, 0.1) is 0 Å². The summed E-state index contributed by atoms with van der Waals surface area (Å²) in [4.78, 5) is 0. The van der Waals surface area contributed by atoms with Crippen molar-refractivity contribution in [3.8, 4) is 0 Å². The summed E-state index contributed by atoms with van der Waals surface area (Å²) in [6.07, 6.45) is 2.01. The van der Waals surface area contributed by atoms with Crippen LogP contribution in [0.3, 0.4) is 0 Å². The summed E-state index contributed by atoms with van der Waals surface area (Å²) >= 11 is 5.84. The van der Waals surface area contributed by atoms with Crippen LogP contribution in [0.4, 0.5) is 10.1 Å². The molecule has 102 valence electrons. The van der Waals surface area contributed by atoms with Crippen molar-refractivity contribution in [2.24, 2.45) is 11.7 Å². The van der Waals surface area contributed by atoms with Crippen molar-refractivity contribution in [3.05, 3.63) is 29.0 Å². The van der Waals surface area contributed by atoms with Crippen LogP contribution in [-0.4, -0.2) is 12.1 Å². The fourth-order valence-electron chi connectivity index (χ4n) is 1.80. The highest BCUT2D eigenvalue weighted by Crippen LogP contribution is 2.24. The second-order valence-corrected chi connectivity index (χ2v) is 5.92. The van der Waals surface area contributed by atoms with Gasteiger partial charge in [-0.2, -0.15) is 0 Å². The van der Waals surface area contributed by atoms with E-state index in [2.05, 4.69) is 19.2 Å². The molecule has 0 saturated carbocycles. The Morgan fingerprint density at radius 3 is 2.56 bits per heavy atom. The summed E-state index contributed by atoms with van der Waals surface area (Å²) in [6.45, 7) is 6.90. The molecule has 18 heavy (non-hydrogen) atoms. The van der Waals surface area contributed by atoms with Gasteiger partial charge < -0.3 is 11.1 Å². The summed E-state index contributed by atoms with van der Waals surface area (Å²) in [5.41, 5.74) is 6.27. The molecular formula is C14H22ClFN2. The number of nitrogens with two attached hydrogens (primary N) is 1. The standard InChI is InChI=1S/C14H22ClFN2/c1-10(2)4-5-14(3,9-17)18-13-7-11(15)6-12(16)8-13/h6-8,10,18H,4-5,9,17H2,1-3H3. The molecule has 0 bridgehead atoms. The van der Waals surface area contributed by atoms with Crippen LogP contribution < -0.4 is 11.1 Å². The number of hydrogen-bond acceptors (Lipinski definition) is 2. The third-order valence-corrected chi connectivity index (χ3v) is 3.25. The molecule has 0 heterocycles. The molecule has 0 fully saturated rings. The topological polar surface area (TPSA) is 38.0 Å². The lowest BCUT2D eigenvalue weighted by Gasteiger charge is -2.31. The molecule has 0 aliphatic rings. The number of hydrogen-bond donors (Lipinski definition) is 2. The number of halogens is 2. The van der Waals surface area contributed by atoms with Crippen LogP contribution in [0.15, 0.2) is 18.2 Å². The molecule has 0 radical (unpaired) electrons. The van der Waals surface area contributed by atoms with Crippen LogP contribution in [-0.2, 0) is 0 Å². The van der Waals surface area contributed by atoms with Crippen LogP contribution in [0, 0.1) is 11.7 Å². The van der Waals surface area contributed by atoms with E-state index in [0.29, 0.717) is 23.2 Å². The Morgan fingerprint density at radius 2 is 2.06 bits per heavy atom. The molecular weight excluding hydrogens is 251 g/mol. The van der Waals surface area contributed by atoms with E-state index in [9.17, 15) is 4.39 Å². The van der Waals surface area contributed by atoms with Crippen LogP contribution >= 0.6 is 11.6 Å². The molecule has 3 N–H and O–H groups in total. The highest BCUT2D eigenvalue weighted by atomic mass is 35.5. The zero-order chi connectivity index (χ0) is 13.8. The van der Waals surface area contributed by atoms with E-state index in [-0.39, 0.29) is 11.4 Å². The van der Waals surface area contributed by atoms with Crippen molar-refractivity contribution in [1.82, 2.24) is 0 Å². The molecule has 0 aliphatic heterocycles. The largest absolute Gasteiger partial charge is 0.378 e.